The average molecular weight is 520 g/mol. The Morgan fingerprint density at radius 2 is 1.76 bits per heavy atom. The zero-order valence-corrected chi connectivity index (χ0v) is 21.1. The van der Waals surface area contributed by atoms with Crippen LogP contribution in [0.15, 0.2) is 54.6 Å². The van der Waals surface area contributed by atoms with Crippen LogP contribution in [0.25, 0.3) is 6.08 Å². The Morgan fingerprint density at radius 1 is 1.03 bits per heavy atom. The summed E-state index contributed by atoms with van der Waals surface area (Å²) in [5, 5.41) is 7.69. The number of Topliss-reactive ketones (excluding diaryl/α,β-unsaturated/α-hetero) is 1. The summed E-state index contributed by atoms with van der Waals surface area (Å²) in [6.07, 6.45) is 3.10. The highest BCUT2D eigenvalue weighted by Gasteiger charge is 2.45. The van der Waals surface area contributed by atoms with Crippen LogP contribution in [-0.2, 0) is 24.0 Å². The van der Waals surface area contributed by atoms with E-state index in [1.165, 1.54) is 13.0 Å². The lowest BCUT2D eigenvalue weighted by molar-refractivity contribution is -0.136. The van der Waals surface area contributed by atoms with Gasteiger partial charge in [-0.3, -0.25) is 29.3 Å². The van der Waals surface area contributed by atoms with Crippen molar-refractivity contribution >= 4 is 35.5 Å². The van der Waals surface area contributed by atoms with Crippen LogP contribution in [0.4, 0.5) is 0 Å². The van der Waals surface area contributed by atoms with Gasteiger partial charge < -0.3 is 20.1 Å². The lowest BCUT2D eigenvalue weighted by Crippen LogP contribution is -2.46. The standard InChI is InChI=1S/C28H29N3O7/c1-3-19(26(34)25-16(2)27(35)31-28(25)36)29-24(33)14-20(18-7-5-4-6-8-18)30-23(32)12-10-17-9-11-21-22(13-17)38-15-37-21/h4-13,16,19-20,25H,3,14-15H2,1-2H3,(H,29,33)(H,30,32)(H,31,35,36)/b12-10+/t16-,19-,20-,25+/m0/s1. The van der Waals surface area contributed by atoms with Crippen LogP contribution < -0.4 is 25.4 Å². The first kappa shape index (κ1) is 26.6. The number of ketones is 1. The van der Waals surface area contributed by atoms with Crippen molar-refractivity contribution in [3.05, 3.63) is 65.7 Å². The van der Waals surface area contributed by atoms with Gasteiger partial charge in [0, 0.05) is 6.08 Å². The van der Waals surface area contributed by atoms with E-state index in [1.54, 1.807) is 55.5 Å². The van der Waals surface area contributed by atoms with Crippen molar-refractivity contribution in [2.24, 2.45) is 11.8 Å². The van der Waals surface area contributed by atoms with Gasteiger partial charge in [-0.25, -0.2) is 0 Å². The fourth-order valence-corrected chi connectivity index (χ4v) is 4.44. The van der Waals surface area contributed by atoms with E-state index in [-0.39, 0.29) is 19.6 Å². The topological polar surface area (TPSA) is 140 Å². The molecule has 0 spiro atoms. The normalized spacial score (nSPS) is 19.6. The van der Waals surface area contributed by atoms with Crippen LogP contribution in [0, 0.1) is 11.8 Å². The van der Waals surface area contributed by atoms with Crippen molar-refractivity contribution in [1.29, 1.82) is 0 Å². The number of hydrogen-bond acceptors (Lipinski definition) is 7. The maximum Gasteiger partial charge on any atom is 0.244 e. The molecule has 38 heavy (non-hydrogen) atoms. The van der Waals surface area contributed by atoms with E-state index in [0.29, 0.717) is 17.1 Å². The van der Waals surface area contributed by atoms with Crippen LogP contribution in [0.5, 0.6) is 11.5 Å². The summed E-state index contributed by atoms with van der Waals surface area (Å²) in [4.78, 5) is 62.6. The molecule has 0 radical (unpaired) electrons. The molecule has 1 fully saturated rings. The molecule has 1 saturated heterocycles. The molecule has 10 nitrogen and oxygen atoms in total. The number of nitrogens with one attached hydrogen (secondary N) is 3. The first-order valence-corrected chi connectivity index (χ1v) is 12.4. The first-order valence-electron chi connectivity index (χ1n) is 12.4. The molecule has 0 aromatic heterocycles. The van der Waals surface area contributed by atoms with Crippen LogP contribution in [0.2, 0.25) is 0 Å². The van der Waals surface area contributed by atoms with E-state index in [0.717, 1.165) is 5.56 Å². The predicted octanol–water partition coefficient (Wildman–Crippen LogP) is 2.05. The molecule has 2 aliphatic heterocycles. The Labute approximate surface area is 219 Å². The largest absolute Gasteiger partial charge is 0.454 e. The van der Waals surface area contributed by atoms with Crippen LogP contribution in [0.1, 0.15) is 43.9 Å². The average Bonchev–Trinajstić information content (AvgIpc) is 3.48. The Kier molecular flexibility index (Phi) is 8.20. The van der Waals surface area contributed by atoms with E-state index in [9.17, 15) is 24.0 Å². The van der Waals surface area contributed by atoms with Crippen molar-refractivity contribution in [3.63, 3.8) is 0 Å². The number of hydrogen-bond donors (Lipinski definition) is 3. The number of imide groups is 1. The first-order chi connectivity index (χ1) is 18.3. The van der Waals surface area contributed by atoms with Gasteiger partial charge in [-0.2, -0.15) is 0 Å². The number of carbonyl (C=O) groups excluding carboxylic acids is 5. The number of rotatable bonds is 10. The summed E-state index contributed by atoms with van der Waals surface area (Å²) >= 11 is 0. The molecule has 0 bridgehead atoms. The quantitative estimate of drug-likeness (QED) is 0.248. The summed E-state index contributed by atoms with van der Waals surface area (Å²) < 4.78 is 10.6. The summed E-state index contributed by atoms with van der Waals surface area (Å²) in [6, 6.07) is 12.7. The highest BCUT2D eigenvalue weighted by atomic mass is 16.7. The minimum absolute atomic E-state index is 0.136. The smallest absolute Gasteiger partial charge is 0.244 e. The maximum absolute atomic E-state index is 13.0. The summed E-state index contributed by atoms with van der Waals surface area (Å²) in [5.74, 6) is -3.25. The molecule has 10 heteroatoms. The number of ether oxygens (including phenoxy) is 2. The van der Waals surface area contributed by atoms with Gasteiger partial charge in [-0.05, 0) is 35.8 Å². The second-order valence-corrected chi connectivity index (χ2v) is 9.17. The Morgan fingerprint density at radius 3 is 2.45 bits per heavy atom. The molecule has 2 aromatic carbocycles. The molecule has 198 valence electrons. The van der Waals surface area contributed by atoms with Crippen LogP contribution in [0.3, 0.4) is 0 Å². The second-order valence-electron chi connectivity index (χ2n) is 9.17. The van der Waals surface area contributed by atoms with Gasteiger partial charge in [0.1, 0.15) is 5.92 Å². The molecule has 4 atom stereocenters. The molecule has 2 aromatic rings. The molecule has 3 N–H and O–H groups in total. The Hall–Kier alpha value is -4.47. The minimum Gasteiger partial charge on any atom is -0.454 e. The number of fused-ring (bicyclic) bond motifs is 1. The predicted molar refractivity (Wildman–Crippen MR) is 137 cm³/mol. The fraction of sp³-hybridized carbons (Fsp3) is 0.321. The third kappa shape index (κ3) is 6.08. The van der Waals surface area contributed by atoms with E-state index < -0.39 is 53.3 Å². The second kappa shape index (κ2) is 11.7. The highest BCUT2D eigenvalue weighted by molar-refractivity contribution is 6.16. The molecule has 2 aliphatic rings. The molecule has 0 unspecified atom stereocenters. The zero-order valence-electron chi connectivity index (χ0n) is 21.1. The fourth-order valence-electron chi connectivity index (χ4n) is 4.44. The SMILES string of the molecule is CC[C@H](NC(=O)C[C@H](NC(=O)/C=C/c1ccc2c(c1)OCO2)c1ccccc1)C(=O)[C@@H]1C(=O)NC(=O)[C@H]1C. The molecule has 2 heterocycles. The van der Waals surface area contributed by atoms with Gasteiger partial charge in [-0.1, -0.05) is 50.2 Å². The highest BCUT2D eigenvalue weighted by Crippen LogP contribution is 2.32. The van der Waals surface area contributed by atoms with E-state index >= 15 is 0 Å². The lowest BCUT2D eigenvalue weighted by atomic mass is 9.88. The van der Waals surface area contributed by atoms with Gasteiger partial charge >= 0.3 is 0 Å². The van der Waals surface area contributed by atoms with Gasteiger partial charge in [0.15, 0.2) is 17.3 Å². The summed E-state index contributed by atoms with van der Waals surface area (Å²) in [7, 11) is 0. The molecule has 0 saturated carbocycles. The third-order valence-corrected chi connectivity index (χ3v) is 6.57. The molecular formula is C28H29N3O7. The molecule has 0 aliphatic carbocycles. The van der Waals surface area contributed by atoms with Crippen molar-refractivity contribution in [2.45, 2.75) is 38.8 Å². The van der Waals surface area contributed by atoms with E-state index in [4.69, 9.17) is 9.47 Å². The van der Waals surface area contributed by atoms with Crippen LogP contribution in [-0.4, -0.2) is 42.2 Å². The number of carbonyl (C=O) groups is 5. The van der Waals surface area contributed by atoms with Crippen LogP contribution >= 0.6 is 0 Å². The molecule has 4 rings (SSSR count). The van der Waals surface area contributed by atoms with E-state index in [2.05, 4.69) is 16.0 Å². The van der Waals surface area contributed by atoms with Gasteiger partial charge in [0.05, 0.1) is 24.4 Å². The number of amides is 4. The Bertz CT molecular complexity index is 1270. The summed E-state index contributed by atoms with van der Waals surface area (Å²) in [5.41, 5.74) is 1.45. The number of benzene rings is 2. The van der Waals surface area contributed by atoms with Gasteiger partial charge in [0.25, 0.3) is 0 Å². The van der Waals surface area contributed by atoms with Crippen molar-refractivity contribution in [2.75, 3.05) is 6.79 Å². The lowest BCUT2D eigenvalue weighted by Gasteiger charge is -2.22. The maximum atomic E-state index is 13.0. The van der Waals surface area contributed by atoms with E-state index in [1.807, 2.05) is 6.07 Å². The molecule has 4 amide bonds. The Balaban J connectivity index is 1.42. The third-order valence-electron chi connectivity index (χ3n) is 6.57. The van der Waals surface area contributed by atoms with Crippen molar-refractivity contribution in [1.82, 2.24) is 16.0 Å². The monoisotopic (exact) mass is 519 g/mol. The summed E-state index contributed by atoms with van der Waals surface area (Å²) in [6.45, 7) is 3.37. The van der Waals surface area contributed by atoms with Crippen molar-refractivity contribution in [3.8, 4) is 11.5 Å². The van der Waals surface area contributed by atoms with Gasteiger partial charge in [0.2, 0.25) is 30.4 Å². The minimum atomic E-state index is -1.14. The molecular weight excluding hydrogens is 490 g/mol. The zero-order chi connectivity index (χ0) is 27.2. The van der Waals surface area contributed by atoms with Crippen molar-refractivity contribution < 1.29 is 33.4 Å². The van der Waals surface area contributed by atoms with Gasteiger partial charge in [-0.15, -0.1) is 0 Å².